The van der Waals surface area contributed by atoms with E-state index in [0.29, 0.717) is 13.2 Å². The third-order valence-electron chi connectivity index (χ3n) is 5.75. The minimum absolute atomic E-state index is 0.0810. The fourth-order valence-electron chi connectivity index (χ4n) is 4.37. The number of anilines is 1. The maximum atomic E-state index is 13.2. The minimum atomic E-state index is -0.727. The number of carbonyl (C=O) groups is 2. The first-order valence-electron chi connectivity index (χ1n) is 9.59. The highest BCUT2D eigenvalue weighted by Crippen LogP contribution is 2.52. The average Bonchev–Trinajstić information content (AvgIpc) is 3.33. The zero-order valence-electron chi connectivity index (χ0n) is 15.7. The van der Waals surface area contributed by atoms with Gasteiger partial charge in [0.25, 0.3) is 0 Å². The molecule has 1 aromatic carbocycles. The van der Waals surface area contributed by atoms with Crippen LogP contribution in [-0.4, -0.2) is 43.8 Å². The van der Waals surface area contributed by atoms with Gasteiger partial charge in [-0.05, 0) is 30.7 Å². The van der Waals surface area contributed by atoms with Gasteiger partial charge in [0.1, 0.15) is 17.3 Å². The number of carbonyl (C=O) groups excluding carboxylic acids is 2. The fraction of sp³-hybridized carbons (Fsp3) is 0.524. The Morgan fingerprint density at radius 3 is 2.78 bits per heavy atom. The van der Waals surface area contributed by atoms with Crippen LogP contribution in [0.2, 0.25) is 0 Å². The molecule has 3 aliphatic heterocycles. The normalized spacial score (nSPS) is 30.7. The summed E-state index contributed by atoms with van der Waals surface area (Å²) in [6, 6.07) is 7.34. The van der Waals surface area contributed by atoms with Crippen molar-refractivity contribution in [2.75, 3.05) is 25.2 Å². The van der Waals surface area contributed by atoms with E-state index in [9.17, 15) is 9.59 Å². The number of esters is 1. The molecule has 4 atom stereocenters. The lowest BCUT2D eigenvalue weighted by molar-refractivity contribution is -0.152. The van der Waals surface area contributed by atoms with Crippen LogP contribution < -0.4 is 9.64 Å². The van der Waals surface area contributed by atoms with Crippen LogP contribution in [0.3, 0.4) is 0 Å². The van der Waals surface area contributed by atoms with Crippen LogP contribution in [0.25, 0.3) is 0 Å². The van der Waals surface area contributed by atoms with E-state index in [0.717, 1.165) is 30.7 Å². The molecule has 3 heterocycles. The second kappa shape index (κ2) is 7.00. The molecule has 144 valence electrons. The molecule has 0 saturated carbocycles. The van der Waals surface area contributed by atoms with Crippen molar-refractivity contribution >= 4 is 17.6 Å². The number of hydrogen-bond acceptors (Lipinski definition) is 5. The average molecular weight is 371 g/mol. The maximum absolute atomic E-state index is 13.2. The topological polar surface area (TPSA) is 65.1 Å². The Labute approximate surface area is 159 Å². The Balaban J connectivity index is 1.52. The van der Waals surface area contributed by atoms with E-state index in [4.69, 9.17) is 14.2 Å². The molecular weight excluding hydrogens is 346 g/mol. The van der Waals surface area contributed by atoms with Gasteiger partial charge in [-0.1, -0.05) is 31.9 Å². The second-order valence-electron chi connectivity index (χ2n) is 7.40. The van der Waals surface area contributed by atoms with Gasteiger partial charge < -0.3 is 19.1 Å². The minimum Gasteiger partial charge on any atom is -0.497 e. The van der Waals surface area contributed by atoms with Crippen LogP contribution >= 0.6 is 0 Å². The second-order valence-corrected chi connectivity index (χ2v) is 7.40. The van der Waals surface area contributed by atoms with Gasteiger partial charge in [0.2, 0.25) is 5.91 Å². The highest BCUT2D eigenvalue weighted by molar-refractivity contribution is 6.02. The van der Waals surface area contributed by atoms with Crippen molar-refractivity contribution in [3.8, 4) is 5.75 Å². The number of unbranched alkanes of at least 4 members (excludes halogenated alkanes) is 2. The number of hydrogen-bond donors (Lipinski definition) is 0. The molecule has 2 fully saturated rings. The summed E-state index contributed by atoms with van der Waals surface area (Å²) in [4.78, 5) is 27.6. The summed E-state index contributed by atoms with van der Waals surface area (Å²) in [6.07, 6.45) is 6.42. The lowest BCUT2D eigenvalue weighted by Gasteiger charge is -2.22. The number of nitrogens with zero attached hydrogens (tertiary/aromatic N) is 1. The summed E-state index contributed by atoms with van der Waals surface area (Å²) >= 11 is 0. The first kappa shape index (κ1) is 18.0. The van der Waals surface area contributed by atoms with Gasteiger partial charge in [0.05, 0.1) is 32.3 Å². The van der Waals surface area contributed by atoms with E-state index in [-0.39, 0.29) is 18.0 Å². The number of benzene rings is 1. The van der Waals surface area contributed by atoms with Crippen molar-refractivity contribution in [1.82, 2.24) is 0 Å². The molecule has 27 heavy (non-hydrogen) atoms. The van der Waals surface area contributed by atoms with E-state index in [1.165, 1.54) is 0 Å². The zero-order valence-corrected chi connectivity index (χ0v) is 15.7. The number of ether oxygens (including phenoxy) is 3. The van der Waals surface area contributed by atoms with Gasteiger partial charge in [-0.3, -0.25) is 9.59 Å². The maximum Gasteiger partial charge on any atom is 0.312 e. The van der Waals surface area contributed by atoms with Crippen molar-refractivity contribution in [1.29, 1.82) is 0 Å². The molecule has 1 aromatic rings. The Bertz CT molecular complexity index is 758. The predicted octanol–water partition coefficient (Wildman–Crippen LogP) is 2.72. The van der Waals surface area contributed by atoms with Gasteiger partial charge >= 0.3 is 5.97 Å². The number of amides is 1. The third-order valence-corrected chi connectivity index (χ3v) is 5.75. The predicted molar refractivity (Wildman–Crippen MR) is 99.6 cm³/mol. The highest BCUT2D eigenvalue weighted by Gasteiger charge is 2.67. The first-order valence-corrected chi connectivity index (χ1v) is 9.59. The molecule has 6 heteroatoms. The number of rotatable bonds is 7. The molecule has 0 unspecified atom stereocenters. The van der Waals surface area contributed by atoms with Crippen molar-refractivity contribution in [3.63, 3.8) is 0 Å². The molecule has 4 rings (SSSR count). The first-order chi connectivity index (χ1) is 13.1. The van der Waals surface area contributed by atoms with Crippen LogP contribution in [0.5, 0.6) is 5.75 Å². The van der Waals surface area contributed by atoms with E-state index in [2.05, 4.69) is 6.92 Å². The highest BCUT2D eigenvalue weighted by atomic mass is 16.6. The van der Waals surface area contributed by atoms with Gasteiger partial charge in [-0.15, -0.1) is 0 Å². The van der Waals surface area contributed by atoms with Crippen molar-refractivity contribution in [2.45, 2.75) is 37.9 Å². The summed E-state index contributed by atoms with van der Waals surface area (Å²) in [7, 11) is 1.60. The Morgan fingerprint density at radius 2 is 2.07 bits per heavy atom. The molecule has 6 nitrogen and oxygen atoms in total. The molecule has 3 aliphatic rings. The Kier molecular flexibility index (Phi) is 4.68. The zero-order chi connectivity index (χ0) is 19.0. The third kappa shape index (κ3) is 2.92. The fourth-order valence-corrected chi connectivity index (χ4v) is 4.37. The quantitative estimate of drug-likeness (QED) is 0.419. The molecule has 0 aromatic heterocycles. The summed E-state index contributed by atoms with van der Waals surface area (Å²) in [5, 5.41) is 0. The lowest BCUT2D eigenvalue weighted by atomic mass is 9.77. The standard InChI is InChI=1S/C21H25NO5/c1-3-4-5-12-26-20(24)17-16-10-11-21(27-16)13-22(19(23)18(17)21)14-6-8-15(25-2)9-7-14/h6-11,16-18H,3-5,12-13H2,1-2H3/t16-,17+,18+,21-/m1/s1. The molecule has 1 spiro atoms. The molecule has 2 saturated heterocycles. The number of methoxy groups -OCH3 is 1. The van der Waals surface area contributed by atoms with E-state index < -0.39 is 17.4 Å². The molecule has 0 aliphatic carbocycles. The van der Waals surface area contributed by atoms with Crippen LogP contribution in [-0.2, 0) is 19.1 Å². The summed E-state index contributed by atoms with van der Waals surface area (Å²) in [5.41, 5.74) is 0.0505. The van der Waals surface area contributed by atoms with Crippen LogP contribution in [0.1, 0.15) is 26.2 Å². The summed E-state index contributed by atoms with van der Waals surface area (Å²) in [6.45, 7) is 2.91. The van der Waals surface area contributed by atoms with Gasteiger partial charge in [-0.25, -0.2) is 0 Å². The van der Waals surface area contributed by atoms with E-state index >= 15 is 0 Å². The van der Waals surface area contributed by atoms with E-state index in [1.807, 2.05) is 36.4 Å². The summed E-state index contributed by atoms with van der Waals surface area (Å²) in [5.74, 6) is -0.755. The molecular formula is C21H25NO5. The van der Waals surface area contributed by atoms with Crippen molar-refractivity contribution < 1.29 is 23.8 Å². The molecule has 0 radical (unpaired) electrons. The smallest absolute Gasteiger partial charge is 0.312 e. The summed E-state index contributed by atoms with van der Waals surface area (Å²) < 4.78 is 16.8. The van der Waals surface area contributed by atoms with Gasteiger partial charge in [0.15, 0.2) is 0 Å². The SMILES string of the molecule is CCCCCOC(=O)[C@@H]1[C@H]2C(=O)N(c3ccc(OC)cc3)C[C@]23C=C[C@H]1O3. The van der Waals surface area contributed by atoms with Crippen LogP contribution in [0.4, 0.5) is 5.69 Å². The van der Waals surface area contributed by atoms with Crippen LogP contribution in [0.15, 0.2) is 36.4 Å². The molecule has 2 bridgehead atoms. The van der Waals surface area contributed by atoms with Crippen molar-refractivity contribution in [3.05, 3.63) is 36.4 Å². The van der Waals surface area contributed by atoms with E-state index in [1.54, 1.807) is 12.0 Å². The number of fused-ring (bicyclic) bond motifs is 1. The lowest BCUT2D eigenvalue weighted by Crippen LogP contribution is -2.40. The van der Waals surface area contributed by atoms with Crippen molar-refractivity contribution in [2.24, 2.45) is 11.8 Å². The largest absolute Gasteiger partial charge is 0.497 e. The van der Waals surface area contributed by atoms with Crippen LogP contribution in [0, 0.1) is 11.8 Å². The molecule has 1 amide bonds. The molecule has 0 N–H and O–H groups in total. The van der Waals surface area contributed by atoms with Gasteiger partial charge in [-0.2, -0.15) is 0 Å². The Hall–Kier alpha value is -2.34. The Morgan fingerprint density at radius 1 is 1.30 bits per heavy atom. The van der Waals surface area contributed by atoms with Gasteiger partial charge in [0, 0.05) is 5.69 Å². The monoisotopic (exact) mass is 371 g/mol.